The van der Waals surface area contributed by atoms with E-state index in [1.165, 1.54) is 24.3 Å². The number of nitrogens with one attached hydrogen (secondary N) is 1. The Hall–Kier alpha value is -3.22. The van der Waals surface area contributed by atoms with Crippen molar-refractivity contribution in [1.82, 2.24) is 0 Å². The lowest BCUT2D eigenvalue weighted by Crippen LogP contribution is -2.14. The van der Waals surface area contributed by atoms with Gasteiger partial charge in [-0.2, -0.15) is 0 Å². The zero-order valence-corrected chi connectivity index (χ0v) is 13.3. The van der Waals surface area contributed by atoms with E-state index in [1.807, 2.05) is 0 Å². The van der Waals surface area contributed by atoms with Crippen LogP contribution in [-0.4, -0.2) is 16.8 Å². The maximum Gasteiger partial charge on any atom is 0.338 e. The van der Waals surface area contributed by atoms with Crippen LogP contribution >= 0.6 is 0 Å². The number of nitro benzene ring substituents is 1. The Morgan fingerprint density at radius 1 is 1.16 bits per heavy atom. The Bertz CT molecular complexity index is 812. The Balaban J connectivity index is 1.58. The van der Waals surface area contributed by atoms with E-state index in [9.17, 15) is 19.7 Å². The average molecular weight is 340 g/mol. The second-order valence-corrected chi connectivity index (χ2v) is 5.84. The fourth-order valence-electron chi connectivity index (χ4n) is 2.26. The van der Waals surface area contributed by atoms with Crippen molar-refractivity contribution in [3.8, 4) is 0 Å². The van der Waals surface area contributed by atoms with E-state index in [1.54, 1.807) is 24.3 Å². The van der Waals surface area contributed by atoms with Gasteiger partial charge in [0.1, 0.15) is 6.61 Å². The molecule has 7 nitrogen and oxygen atoms in total. The van der Waals surface area contributed by atoms with Crippen molar-refractivity contribution >= 4 is 23.3 Å². The number of rotatable bonds is 6. The molecular weight excluding hydrogens is 324 g/mol. The molecule has 0 unspecified atom stereocenters. The lowest BCUT2D eigenvalue weighted by Gasteiger charge is -2.08. The monoisotopic (exact) mass is 340 g/mol. The molecule has 1 aliphatic carbocycles. The molecule has 0 radical (unpaired) electrons. The molecule has 1 N–H and O–H groups in total. The smallest absolute Gasteiger partial charge is 0.338 e. The molecule has 2 aromatic rings. The normalized spacial score (nSPS) is 13.1. The number of nitro groups is 1. The van der Waals surface area contributed by atoms with Gasteiger partial charge in [-0.15, -0.1) is 0 Å². The molecule has 0 heterocycles. The molecule has 7 heteroatoms. The van der Waals surface area contributed by atoms with Gasteiger partial charge in [0.25, 0.3) is 5.69 Å². The Kier molecular flexibility index (Phi) is 4.74. The number of hydrogen-bond donors (Lipinski definition) is 1. The van der Waals surface area contributed by atoms with E-state index in [0.717, 1.165) is 12.8 Å². The fraction of sp³-hybridized carbons (Fsp3) is 0.222. The third-order valence-corrected chi connectivity index (χ3v) is 3.83. The first kappa shape index (κ1) is 16.6. The first-order chi connectivity index (χ1) is 12.0. The molecule has 2 aromatic carbocycles. The first-order valence-corrected chi connectivity index (χ1v) is 7.84. The summed E-state index contributed by atoms with van der Waals surface area (Å²) in [5.41, 5.74) is 1.52. The molecule has 1 amide bonds. The topological polar surface area (TPSA) is 98.5 Å². The van der Waals surface area contributed by atoms with Crippen molar-refractivity contribution in [2.45, 2.75) is 19.4 Å². The second kappa shape index (κ2) is 7.12. The minimum absolute atomic E-state index is 0.00941. The van der Waals surface area contributed by atoms with Crippen LogP contribution in [-0.2, 0) is 16.1 Å². The standard InChI is InChI=1S/C18H16N2O5/c21-17(13-6-7-13)19-15-3-1-2-14(10-15)18(22)25-11-12-4-8-16(9-5-12)20(23)24/h1-5,8-10,13H,6-7,11H2,(H,19,21). The maximum absolute atomic E-state index is 12.1. The highest BCUT2D eigenvalue weighted by Gasteiger charge is 2.29. The third kappa shape index (κ3) is 4.41. The van der Waals surface area contributed by atoms with Crippen LogP contribution in [0.5, 0.6) is 0 Å². The molecule has 0 saturated heterocycles. The van der Waals surface area contributed by atoms with E-state index in [2.05, 4.69) is 5.32 Å². The number of esters is 1. The molecule has 128 valence electrons. The number of ether oxygens (including phenoxy) is 1. The number of non-ortho nitro benzene ring substituents is 1. The van der Waals surface area contributed by atoms with Crippen LogP contribution in [0.1, 0.15) is 28.8 Å². The Labute approximate surface area is 143 Å². The number of benzene rings is 2. The summed E-state index contributed by atoms with van der Waals surface area (Å²) >= 11 is 0. The van der Waals surface area contributed by atoms with Crippen molar-refractivity contribution < 1.29 is 19.2 Å². The number of carbonyl (C=O) groups is 2. The van der Waals surface area contributed by atoms with Crippen LogP contribution < -0.4 is 5.32 Å². The highest BCUT2D eigenvalue weighted by Crippen LogP contribution is 2.30. The maximum atomic E-state index is 12.1. The molecule has 1 fully saturated rings. The van der Waals surface area contributed by atoms with Crippen LogP contribution in [0, 0.1) is 16.0 Å². The molecular formula is C18H16N2O5. The third-order valence-electron chi connectivity index (χ3n) is 3.83. The van der Waals surface area contributed by atoms with E-state index in [0.29, 0.717) is 16.8 Å². The molecule has 0 atom stereocenters. The second-order valence-electron chi connectivity index (χ2n) is 5.84. The molecule has 1 aliphatic rings. The van der Waals surface area contributed by atoms with E-state index in [-0.39, 0.29) is 24.1 Å². The van der Waals surface area contributed by atoms with Gasteiger partial charge in [0.05, 0.1) is 10.5 Å². The zero-order chi connectivity index (χ0) is 17.8. The van der Waals surface area contributed by atoms with Crippen LogP contribution in [0.3, 0.4) is 0 Å². The number of anilines is 1. The van der Waals surface area contributed by atoms with Gasteiger partial charge in [0.2, 0.25) is 5.91 Å². The van der Waals surface area contributed by atoms with Crippen LogP contribution in [0.25, 0.3) is 0 Å². The summed E-state index contributed by atoms with van der Waals surface area (Å²) in [6.45, 7) is 0.00941. The van der Waals surface area contributed by atoms with Gasteiger partial charge >= 0.3 is 5.97 Å². The number of carbonyl (C=O) groups excluding carboxylic acids is 2. The minimum Gasteiger partial charge on any atom is -0.457 e. The van der Waals surface area contributed by atoms with Gasteiger partial charge in [0.15, 0.2) is 0 Å². The van der Waals surface area contributed by atoms with Crippen LogP contribution in [0.2, 0.25) is 0 Å². The van der Waals surface area contributed by atoms with Crippen LogP contribution in [0.15, 0.2) is 48.5 Å². The van der Waals surface area contributed by atoms with Gasteiger partial charge in [0, 0.05) is 23.7 Å². The van der Waals surface area contributed by atoms with Gasteiger partial charge in [-0.25, -0.2) is 4.79 Å². The Morgan fingerprint density at radius 2 is 1.88 bits per heavy atom. The van der Waals surface area contributed by atoms with E-state index >= 15 is 0 Å². The van der Waals surface area contributed by atoms with Gasteiger partial charge in [-0.3, -0.25) is 14.9 Å². The zero-order valence-electron chi connectivity index (χ0n) is 13.3. The number of hydrogen-bond acceptors (Lipinski definition) is 5. The van der Waals surface area contributed by atoms with Gasteiger partial charge in [-0.05, 0) is 48.7 Å². The van der Waals surface area contributed by atoms with Crippen molar-refractivity contribution in [3.05, 3.63) is 69.8 Å². The van der Waals surface area contributed by atoms with Gasteiger partial charge < -0.3 is 10.1 Å². The summed E-state index contributed by atoms with van der Waals surface area (Å²) in [4.78, 5) is 34.0. The van der Waals surface area contributed by atoms with Crippen molar-refractivity contribution in [1.29, 1.82) is 0 Å². The molecule has 0 aromatic heterocycles. The lowest BCUT2D eigenvalue weighted by molar-refractivity contribution is -0.384. The highest BCUT2D eigenvalue weighted by atomic mass is 16.6. The fourth-order valence-corrected chi connectivity index (χ4v) is 2.26. The quantitative estimate of drug-likeness (QED) is 0.494. The average Bonchev–Trinajstić information content (AvgIpc) is 3.45. The molecule has 3 rings (SSSR count). The van der Waals surface area contributed by atoms with Crippen molar-refractivity contribution in [2.24, 2.45) is 5.92 Å². The minimum atomic E-state index is -0.527. The summed E-state index contributed by atoms with van der Waals surface area (Å²) in [5, 5.41) is 13.4. The summed E-state index contributed by atoms with van der Waals surface area (Å²) in [7, 11) is 0. The lowest BCUT2D eigenvalue weighted by atomic mass is 10.2. The van der Waals surface area contributed by atoms with Crippen molar-refractivity contribution in [3.63, 3.8) is 0 Å². The first-order valence-electron chi connectivity index (χ1n) is 7.84. The summed E-state index contributed by atoms with van der Waals surface area (Å²) in [5.74, 6) is -0.477. The SMILES string of the molecule is O=C(OCc1ccc([N+](=O)[O-])cc1)c1cccc(NC(=O)C2CC2)c1. The largest absolute Gasteiger partial charge is 0.457 e. The van der Waals surface area contributed by atoms with Crippen molar-refractivity contribution in [2.75, 3.05) is 5.32 Å². The highest BCUT2D eigenvalue weighted by molar-refractivity contribution is 5.96. The summed E-state index contributed by atoms with van der Waals surface area (Å²) in [6, 6.07) is 12.4. The van der Waals surface area contributed by atoms with E-state index < -0.39 is 10.9 Å². The summed E-state index contributed by atoms with van der Waals surface area (Å²) < 4.78 is 5.21. The number of amides is 1. The molecule has 0 spiro atoms. The number of nitrogens with zero attached hydrogens (tertiary/aromatic N) is 1. The molecule has 0 aliphatic heterocycles. The Morgan fingerprint density at radius 3 is 2.52 bits per heavy atom. The summed E-state index contributed by atoms with van der Waals surface area (Å²) in [6.07, 6.45) is 1.81. The predicted molar refractivity (Wildman–Crippen MR) is 90.0 cm³/mol. The van der Waals surface area contributed by atoms with Crippen LogP contribution in [0.4, 0.5) is 11.4 Å². The molecule has 0 bridgehead atoms. The van der Waals surface area contributed by atoms with E-state index in [4.69, 9.17) is 4.74 Å². The molecule has 25 heavy (non-hydrogen) atoms. The predicted octanol–water partition coefficient (Wildman–Crippen LogP) is 3.30. The molecule has 1 saturated carbocycles. The van der Waals surface area contributed by atoms with Gasteiger partial charge in [-0.1, -0.05) is 6.07 Å².